The van der Waals surface area contributed by atoms with Crippen molar-refractivity contribution in [2.45, 2.75) is 37.8 Å². The number of benzene rings is 1. The van der Waals surface area contributed by atoms with Crippen LogP contribution in [0.25, 0.3) is 0 Å². The summed E-state index contributed by atoms with van der Waals surface area (Å²) in [5.74, 6) is 0.869. The van der Waals surface area contributed by atoms with Gasteiger partial charge in [0.25, 0.3) is 0 Å². The Morgan fingerprint density at radius 1 is 1.35 bits per heavy atom. The van der Waals surface area contributed by atoms with Crippen LogP contribution in [-0.2, 0) is 13.0 Å². The third kappa shape index (κ3) is 3.78. The summed E-state index contributed by atoms with van der Waals surface area (Å²) in [6.45, 7) is 4.82. The third-order valence-corrected chi connectivity index (χ3v) is 4.81. The first-order valence-corrected chi connectivity index (χ1v) is 8.13. The summed E-state index contributed by atoms with van der Waals surface area (Å²) in [5, 5.41) is 5.18. The number of aryl methyl sites for hydroxylation is 2. The van der Waals surface area contributed by atoms with Gasteiger partial charge in [0.05, 0.1) is 16.4 Å². The predicted octanol–water partition coefficient (Wildman–Crippen LogP) is 3.53. The van der Waals surface area contributed by atoms with Crippen LogP contribution in [0.4, 0.5) is 0 Å². The van der Waals surface area contributed by atoms with E-state index in [4.69, 9.17) is 17.3 Å². The van der Waals surface area contributed by atoms with Crippen LogP contribution in [0.2, 0.25) is 5.02 Å². The van der Waals surface area contributed by atoms with E-state index < -0.39 is 0 Å². The molecule has 2 aromatic rings. The number of hydrogen-bond acceptors (Lipinski definition) is 3. The SMILES string of the molecule is CCn1nc(C)c(Cl)c1CC(N)CSc1ccccc1. The van der Waals surface area contributed by atoms with Crippen molar-refractivity contribution in [3.8, 4) is 0 Å². The van der Waals surface area contributed by atoms with E-state index in [1.54, 1.807) is 11.8 Å². The maximum Gasteiger partial charge on any atom is 0.0847 e. The maximum atomic E-state index is 6.31. The van der Waals surface area contributed by atoms with Gasteiger partial charge in [0.2, 0.25) is 0 Å². The van der Waals surface area contributed by atoms with Gasteiger partial charge in [0, 0.05) is 29.7 Å². The molecule has 0 saturated heterocycles. The zero-order valence-electron chi connectivity index (χ0n) is 11.8. The number of hydrogen-bond donors (Lipinski definition) is 1. The summed E-state index contributed by atoms with van der Waals surface area (Å²) in [7, 11) is 0. The Bertz CT molecular complexity index is 554. The van der Waals surface area contributed by atoms with Gasteiger partial charge in [0.15, 0.2) is 0 Å². The van der Waals surface area contributed by atoms with Gasteiger partial charge >= 0.3 is 0 Å². The number of thioether (sulfide) groups is 1. The van der Waals surface area contributed by atoms with Crippen LogP contribution in [0, 0.1) is 6.92 Å². The van der Waals surface area contributed by atoms with Crippen LogP contribution in [0.15, 0.2) is 35.2 Å². The van der Waals surface area contributed by atoms with E-state index in [2.05, 4.69) is 24.2 Å². The number of aromatic nitrogens is 2. The molecule has 3 nitrogen and oxygen atoms in total. The fraction of sp³-hybridized carbons (Fsp3) is 0.400. The minimum Gasteiger partial charge on any atom is -0.327 e. The molecule has 5 heteroatoms. The standard InChI is InChI=1S/C15H20ClN3S/c1-3-19-14(15(16)11(2)18-19)9-12(17)10-20-13-7-5-4-6-8-13/h4-8,12H,3,9-10,17H2,1-2H3. The molecular weight excluding hydrogens is 290 g/mol. The fourth-order valence-corrected chi connectivity index (χ4v) is 3.18. The Balaban J connectivity index is 1.96. The van der Waals surface area contributed by atoms with E-state index in [9.17, 15) is 0 Å². The summed E-state index contributed by atoms with van der Waals surface area (Å²) in [6.07, 6.45) is 0.757. The Labute approximate surface area is 129 Å². The van der Waals surface area contributed by atoms with Crippen LogP contribution in [0.1, 0.15) is 18.3 Å². The molecule has 2 N–H and O–H groups in total. The van der Waals surface area contributed by atoms with Gasteiger partial charge in [-0.1, -0.05) is 29.8 Å². The van der Waals surface area contributed by atoms with Crippen molar-refractivity contribution in [3.05, 3.63) is 46.7 Å². The van der Waals surface area contributed by atoms with Crippen molar-refractivity contribution in [2.75, 3.05) is 5.75 Å². The molecule has 108 valence electrons. The number of halogens is 1. The molecule has 0 saturated carbocycles. The topological polar surface area (TPSA) is 43.8 Å². The first-order valence-electron chi connectivity index (χ1n) is 6.77. The van der Waals surface area contributed by atoms with Gasteiger partial charge in [-0.25, -0.2) is 0 Å². The van der Waals surface area contributed by atoms with E-state index >= 15 is 0 Å². The zero-order chi connectivity index (χ0) is 14.5. The highest BCUT2D eigenvalue weighted by molar-refractivity contribution is 7.99. The van der Waals surface area contributed by atoms with Gasteiger partial charge in [-0.3, -0.25) is 4.68 Å². The number of rotatable bonds is 6. The van der Waals surface area contributed by atoms with E-state index in [-0.39, 0.29) is 6.04 Å². The average Bonchev–Trinajstić information content (AvgIpc) is 2.74. The molecule has 1 aromatic carbocycles. The van der Waals surface area contributed by atoms with E-state index in [1.807, 2.05) is 29.8 Å². The molecule has 0 bridgehead atoms. The summed E-state index contributed by atoms with van der Waals surface area (Å²) >= 11 is 8.08. The van der Waals surface area contributed by atoms with Crippen molar-refractivity contribution in [1.82, 2.24) is 9.78 Å². The molecule has 0 aliphatic carbocycles. The minimum absolute atomic E-state index is 0.0686. The van der Waals surface area contributed by atoms with Crippen molar-refractivity contribution in [2.24, 2.45) is 5.73 Å². The summed E-state index contributed by atoms with van der Waals surface area (Å²) in [5.41, 5.74) is 8.16. The van der Waals surface area contributed by atoms with Crippen LogP contribution in [-0.4, -0.2) is 21.6 Å². The Kier molecular flexibility index (Phi) is 5.52. The molecule has 1 atom stereocenters. The quantitative estimate of drug-likeness (QED) is 0.830. The molecule has 0 aliphatic heterocycles. The average molecular weight is 310 g/mol. The lowest BCUT2D eigenvalue weighted by atomic mass is 10.2. The highest BCUT2D eigenvalue weighted by atomic mass is 35.5. The van der Waals surface area contributed by atoms with Gasteiger partial charge in [-0.15, -0.1) is 11.8 Å². The Morgan fingerprint density at radius 2 is 2.05 bits per heavy atom. The van der Waals surface area contributed by atoms with Crippen molar-refractivity contribution in [3.63, 3.8) is 0 Å². The first-order chi connectivity index (χ1) is 9.61. The van der Waals surface area contributed by atoms with Crippen LogP contribution >= 0.6 is 23.4 Å². The Hall–Kier alpha value is -0.970. The summed E-state index contributed by atoms with van der Waals surface area (Å²) < 4.78 is 1.95. The van der Waals surface area contributed by atoms with Crippen molar-refractivity contribution in [1.29, 1.82) is 0 Å². The van der Waals surface area contributed by atoms with Crippen molar-refractivity contribution >= 4 is 23.4 Å². The molecule has 0 amide bonds. The number of nitrogens with two attached hydrogens (primary N) is 1. The molecule has 0 radical (unpaired) electrons. The lowest BCUT2D eigenvalue weighted by Gasteiger charge is -2.12. The smallest absolute Gasteiger partial charge is 0.0847 e. The van der Waals surface area contributed by atoms with Gasteiger partial charge in [-0.2, -0.15) is 5.10 Å². The fourth-order valence-electron chi connectivity index (χ4n) is 2.09. The second kappa shape index (κ2) is 7.16. The van der Waals surface area contributed by atoms with Gasteiger partial charge in [-0.05, 0) is 26.0 Å². The summed E-state index contributed by atoms with van der Waals surface area (Å²) in [6, 6.07) is 10.4. The molecule has 1 unspecified atom stereocenters. The predicted molar refractivity (Wildman–Crippen MR) is 86.5 cm³/mol. The van der Waals surface area contributed by atoms with E-state index in [0.717, 1.165) is 35.1 Å². The van der Waals surface area contributed by atoms with Gasteiger partial charge in [0.1, 0.15) is 0 Å². The molecule has 1 aromatic heterocycles. The van der Waals surface area contributed by atoms with E-state index in [1.165, 1.54) is 4.90 Å². The van der Waals surface area contributed by atoms with Crippen LogP contribution in [0.5, 0.6) is 0 Å². The second-order valence-electron chi connectivity index (χ2n) is 4.75. The molecule has 0 fully saturated rings. The molecule has 0 spiro atoms. The normalized spacial score (nSPS) is 12.6. The Morgan fingerprint density at radius 3 is 2.70 bits per heavy atom. The zero-order valence-corrected chi connectivity index (χ0v) is 13.4. The molecular formula is C15H20ClN3S. The number of nitrogens with zero attached hydrogens (tertiary/aromatic N) is 2. The summed E-state index contributed by atoms with van der Waals surface area (Å²) in [4.78, 5) is 1.24. The molecule has 1 heterocycles. The third-order valence-electron chi connectivity index (χ3n) is 3.12. The van der Waals surface area contributed by atoms with Gasteiger partial charge < -0.3 is 5.73 Å². The molecule has 20 heavy (non-hydrogen) atoms. The van der Waals surface area contributed by atoms with Crippen LogP contribution in [0.3, 0.4) is 0 Å². The minimum atomic E-state index is 0.0686. The largest absolute Gasteiger partial charge is 0.327 e. The lowest BCUT2D eigenvalue weighted by molar-refractivity contribution is 0.594. The molecule has 0 aliphatic rings. The molecule has 2 rings (SSSR count). The first kappa shape index (κ1) is 15.4. The van der Waals surface area contributed by atoms with E-state index in [0.29, 0.717) is 0 Å². The highest BCUT2D eigenvalue weighted by Gasteiger charge is 2.15. The maximum absolute atomic E-state index is 6.31. The highest BCUT2D eigenvalue weighted by Crippen LogP contribution is 2.23. The lowest BCUT2D eigenvalue weighted by Crippen LogP contribution is -2.27. The van der Waals surface area contributed by atoms with Crippen LogP contribution < -0.4 is 5.73 Å². The second-order valence-corrected chi connectivity index (χ2v) is 6.22. The van der Waals surface area contributed by atoms with Crippen molar-refractivity contribution < 1.29 is 0 Å². The monoisotopic (exact) mass is 309 g/mol.